The summed E-state index contributed by atoms with van der Waals surface area (Å²) in [4.78, 5) is 26.9. The van der Waals surface area contributed by atoms with Crippen LogP contribution in [0.25, 0.3) is 22.4 Å². The van der Waals surface area contributed by atoms with Crippen molar-refractivity contribution in [3.63, 3.8) is 0 Å². The maximum atomic E-state index is 12.9. The summed E-state index contributed by atoms with van der Waals surface area (Å²) in [6.45, 7) is 3.82. The van der Waals surface area contributed by atoms with E-state index in [2.05, 4.69) is 25.5 Å². The third-order valence-electron chi connectivity index (χ3n) is 6.84. The van der Waals surface area contributed by atoms with Gasteiger partial charge in [0.1, 0.15) is 17.5 Å². The Bertz CT molecular complexity index is 1400. The lowest BCUT2D eigenvalue weighted by Crippen LogP contribution is -2.46. The van der Waals surface area contributed by atoms with E-state index in [9.17, 15) is 4.79 Å². The predicted molar refractivity (Wildman–Crippen MR) is 137 cm³/mol. The van der Waals surface area contributed by atoms with E-state index in [1.54, 1.807) is 12.4 Å². The van der Waals surface area contributed by atoms with E-state index < -0.39 is 0 Å². The number of carbonyl (C=O) groups excluding carboxylic acids is 1. The molecule has 0 saturated carbocycles. The van der Waals surface area contributed by atoms with Crippen LogP contribution in [0.4, 0.5) is 0 Å². The van der Waals surface area contributed by atoms with Crippen molar-refractivity contribution in [2.24, 2.45) is 0 Å². The second kappa shape index (κ2) is 9.38. The molecule has 0 bridgehead atoms. The molecule has 1 fully saturated rings. The van der Waals surface area contributed by atoms with Gasteiger partial charge < -0.3 is 19.9 Å². The molecule has 2 atom stereocenters. The van der Waals surface area contributed by atoms with E-state index >= 15 is 0 Å². The van der Waals surface area contributed by atoms with Gasteiger partial charge >= 0.3 is 0 Å². The Morgan fingerprint density at radius 3 is 2.78 bits per heavy atom. The number of piperidine rings is 1. The van der Waals surface area contributed by atoms with Gasteiger partial charge in [0.2, 0.25) is 5.91 Å². The first-order chi connectivity index (χ1) is 17.5. The molecule has 36 heavy (non-hydrogen) atoms. The summed E-state index contributed by atoms with van der Waals surface area (Å²) >= 11 is 12.6. The molecule has 6 rings (SSSR count). The van der Waals surface area contributed by atoms with Crippen LogP contribution in [0.15, 0.2) is 30.6 Å². The van der Waals surface area contributed by atoms with Crippen LogP contribution in [0.1, 0.15) is 49.2 Å². The van der Waals surface area contributed by atoms with Crippen molar-refractivity contribution in [1.29, 1.82) is 0 Å². The zero-order chi connectivity index (χ0) is 24.8. The third kappa shape index (κ3) is 4.21. The van der Waals surface area contributed by atoms with Gasteiger partial charge in [-0.1, -0.05) is 29.6 Å². The average Bonchev–Trinajstić information content (AvgIpc) is 3.57. The lowest BCUT2D eigenvalue weighted by Gasteiger charge is -2.27. The maximum absolute atomic E-state index is 12.9. The van der Waals surface area contributed by atoms with Crippen molar-refractivity contribution in [3.05, 3.63) is 57.6 Å². The number of hydrogen-bond acceptors (Lipinski definition) is 6. The second-order valence-corrected chi connectivity index (χ2v) is 10.1. The first kappa shape index (κ1) is 23.3. The molecular weight excluding hydrogens is 501 g/mol. The van der Waals surface area contributed by atoms with Gasteiger partial charge in [0, 0.05) is 23.3 Å². The molecule has 3 N–H and O–H groups in total. The van der Waals surface area contributed by atoms with Crippen LogP contribution in [-0.4, -0.2) is 48.5 Å². The van der Waals surface area contributed by atoms with Crippen molar-refractivity contribution < 1.29 is 9.53 Å². The Labute approximate surface area is 217 Å². The van der Waals surface area contributed by atoms with Crippen LogP contribution in [0.3, 0.4) is 0 Å². The van der Waals surface area contributed by atoms with Crippen LogP contribution in [-0.2, 0) is 17.9 Å². The molecule has 0 radical (unpaired) electrons. The lowest BCUT2D eigenvalue weighted by atomic mass is 10.0. The number of pyridine rings is 1. The number of amides is 1. The quantitative estimate of drug-likeness (QED) is 0.345. The first-order valence-electron chi connectivity index (χ1n) is 12.0. The Kier molecular flexibility index (Phi) is 6.07. The predicted octanol–water partition coefficient (Wildman–Crippen LogP) is 4.78. The molecule has 2 aliphatic rings. The summed E-state index contributed by atoms with van der Waals surface area (Å²) < 4.78 is 6.17. The van der Waals surface area contributed by atoms with Gasteiger partial charge in [-0.3, -0.25) is 14.9 Å². The largest absolute Gasteiger partial charge is 0.486 e. The van der Waals surface area contributed by atoms with E-state index in [1.807, 2.05) is 30.0 Å². The van der Waals surface area contributed by atoms with Gasteiger partial charge in [0.05, 0.1) is 46.1 Å². The molecular formula is C25H25Cl2N7O2. The molecule has 5 heterocycles. The van der Waals surface area contributed by atoms with Gasteiger partial charge in [-0.2, -0.15) is 5.10 Å². The third-order valence-corrected chi connectivity index (χ3v) is 7.44. The Morgan fingerprint density at radius 1 is 1.19 bits per heavy atom. The van der Waals surface area contributed by atoms with Crippen LogP contribution in [0, 0.1) is 0 Å². The van der Waals surface area contributed by atoms with Crippen LogP contribution in [0.2, 0.25) is 10.0 Å². The lowest BCUT2D eigenvalue weighted by molar-refractivity contribution is -0.134. The highest BCUT2D eigenvalue weighted by Crippen LogP contribution is 2.35. The highest BCUT2D eigenvalue weighted by molar-refractivity contribution is 6.35. The molecule has 9 nitrogen and oxygen atoms in total. The van der Waals surface area contributed by atoms with Crippen molar-refractivity contribution in [2.75, 3.05) is 6.54 Å². The summed E-state index contributed by atoms with van der Waals surface area (Å²) in [5, 5.41) is 12.7. The van der Waals surface area contributed by atoms with Crippen molar-refractivity contribution >= 4 is 40.0 Å². The summed E-state index contributed by atoms with van der Waals surface area (Å²) in [6, 6.07) is 5.62. The number of rotatable bonds is 5. The number of halogens is 2. The van der Waals surface area contributed by atoms with Gasteiger partial charge in [-0.25, -0.2) is 4.98 Å². The maximum Gasteiger partial charge on any atom is 0.240 e. The number of aromatic nitrogens is 5. The van der Waals surface area contributed by atoms with Gasteiger partial charge in [-0.15, -0.1) is 0 Å². The average molecular weight is 526 g/mol. The number of carbonyl (C=O) groups is 1. The number of fused-ring (bicyclic) bond motifs is 2. The number of nitrogens with zero attached hydrogens (tertiary/aromatic N) is 4. The SMILES string of the molecule is C[C@@H](Oc1ccc2[nH]nc(-c3nc4c([nH]3)CN(C(=O)[C@@H]3CCCCN3)C4)c2c1)c1c(Cl)cncc1Cl. The minimum atomic E-state index is -0.379. The van der Waals surface area contributed by atoms with Crippen molar-refractivity contribution in [3.8, 4) is 17.3 Å². The molecule has 2 aliphatic heterocycles. The molecule has 1 amide bonds. The first-order valence-corrected chi connectivity index (χ1v) is 12.8. The van der Waals surface area contributed by atoms with Gasteiger partial charge in [-0.05, 0) is 44.5 Å². The number of hydrogen-bond donors (Lipinski definition) is 3. The zero-order valence-corrected chi connectivity index (χ0v) is 21.2. The number of H-pyrrole nitrogens is 2. The van der Waals surface area contributed by atoms with Crippen molar-refractivity contribution in [1.82, 2.24) is 35.4 Å². The fourth-order valence-electron chi connectivity index (χ4n) is 5.01. The van der Waals surface area contributed by atoms with Crippen LogP contribution >= 0.6 is 23.2 Å². The smallest absolute Gasteiger partial charge is 0.240 e. The van der Waals surface area contributed by atoms with E-state index in [4.69, 9.17) is 32.9 Å². The highest BCUT2D eigenvalue weighted by atomic mass is 35.5. The van der Waals surface area contributed by atoms with Crippen molar-refractivity contribution in [2.45, 2.75) is 51.4 Å². The van der Waals surface area contributed by atoms with Gasteiger partial charge in [0.25, 0.3) is 0 Å². The molecule has 4 aromatic rings. The van der Waals surface area contributed by atoms with E-state index in [-0.39, 0.29) is 18.1 Å². The Hall–Kier alpha value is -3.14. The number of nitrogens with one attached hydrogen (secondary N) is 3. The number of imidazole rings is 1. The summed E-state index contributed by atoms with van der Waals surface area (Å²) in [5.41, 5.74) is 4.08. The van der Waals surface area contributed by atoms with Crippen LogP contribution in [0.5, 0.6) is 5.75 Å². The Morgan fingerprint density at radius 2 is 2.03 bits per heavy atom. The minimum absolute atomic E-state index is 0.0877. The molecule has 0 unspecified atom stereocenters. The molecule has 186 valence electrons. The monoisotopic (exact) mass is 525 g/mol. The fourth-order valence-corrected chi connectivity index (χ4v) is 5.68. The normalized spacial score (nSPS) is 18.4. The molecule has 1 saturated heterocycles. The van der Waals surface area contributed by atoms with E-state index in [1.165, 1.54) is 0 Å². The Balaban J connectivity index is 1.22. The summed E-state index contributed by atoms with van der Waals surface area (Å²) in [6.07, 6.45) is 5.83. The second-order valence-electron chi connectivity index (χ2n) is 9.26. The van der Waals surface area contributed by atoms with E-state index in [0.717, 1.165) is 48.1 Å². The number of benzene rings is 1. The van der Waals surface area contributed by atoms with Gasteiger partial charge in [0.15, 0.2) is 5.82 Å². The molecule has 11 heteroatoms. The van der Waals surface area contributed by atoms with Crippen LogP contribution < -0.4 is 10.1 Å². The highest BCUT2D eigenvalue weighted by Gasteiger charge is 2.32. The number of aromatic amines is 2. The standard InChI is InChI=1S/C25H25Cl2N7O2/c1-13(22-16(26)9-28-10-17(22)27)36-14-5-6-18-15(8-14)23(33-32-18)24-30-20-11-34(12-21(20)31-24)25(35)19-4-2-3-7-29-19/h5-6,8-10,13,19,29H,2-4,7,11-12H2,1H3,(H,30,31)(H,32,33)/t13-,19+/m1/s1. The zero-order valence-electron chi connectivity index (χ0n) is 19.6. The summed E-state index contributed by atoms with van der Waals surface area (Å²) in [5.74, 6) is 1.47. The molecule has 3 aromatic heterocycles. The topological polar surface area (TPSA) is 112 Å². The minimum Gasteiger partial charge on any atom is -0.486 e. The fraction of sp³-hybridized carbons (Fsp3) is 0.360. The number of ether oxygens (including phenoxy) is 1. The molecule has 1 aromatic carbocycles. The molecule has 0 aliphatic carbocycles. The van der Waals surface area contributed by atoms with E-state index in [0.29, 0.717) is 46.0 Å². The molecule has 0 spiro atoms. The summed E-state index contributed by atoms with van der Waals surface area (Å²) in [7, 11) is 0.